The minimum Gasteiger partial charge on any atom is -0.481 e. The Morgan fingerprint density at radius 2 is 1.86 bits per heavy atom. The van der Waals surface area contributed by atoms with Crippen molar-refractivity contribution in [3.63, 3.8) is 0 Å². The molecule has 0 aromatic heterocycles. The molecular weight excluding hydrogens is 292 g/mol. The minimum absolute atomic E-state index is 0.0661. The molecule has 0 atom stereocenters. The van der Waals surface area contributed by atoms with E-state index in [1.54, 1.807) is 0 Å². The van der Waals surface area contributed by atoms with E-state index in [1.165, 1.54) is 0 Å². The molecule has 0 radical (unpaired) electrons. The summed E-state index contributed by atoms with van der Waals surface area (Å²) in [7, 11) is 0. The molecule has 1 aliphatic heterocycles. The van der Waals surface area contributed by atoms with E-state index < -0.39 is 5.97 Å². The number of nitrogens with zero attached hydrogens (tertiary/aromatic N) is 1. The molecule has 0 aliphatic carbocycles. The molecule has 1 aromatic rings. The summed E-state index contributed by atoms with van der Waals surface area (Å²) in [5, 5.41) is 11.3. The maximum atomic E-state index is 11.6. The molecular formula is C14H18N2O4S. The molecule has 1 fully saturated rings. The summed E-state index contributed by atoms with van der Waals surface area (Å²) in [6.45, 7) is 3.22. The summed E-state index contributed by atoms with van der Waals surface area (Å²) in [5.41, 5.74) is 1.82. The number of hydrogen-bond acceptors (Lipinski definition) is 5. The van der Waals surface area contributed by atoms with Crippen LogP contribution in [0.15, 0.2) is 24.3 Å². The van der Waals surface area contributed by atoms with Crippen LogP contribution in [0.3, 0.4) is 0 Å². The molecule has 0 saturated carbocycles. The van der Waals surface area contributed by atoms with Gasteiger partial charge in [-0.25, -0.2) is 0 Å². The van der Waals surface area contributed by atoms with Crippen molar-refractivity contribution in [2.24, 2.45) is 0 Å². The maximum absolute atomic E-state index is 11.6. The van der Waals surface area contributed by atoms with Crippen molar-refractivity contribution >= 4 is 35.0 Å². The highest BCUT2D eigenvalue weighted by Gasteiger charge is 2.11. The fraction of sp³-hybridized carbons (Fsp3) is 0.429. The number of nitrogens with one attached hydrogen (secondary N) is 1. The van der Waals surface area contributed by atoms with Gasteiger partial charge in [0.2, 0.25) is 5.91 Å². The second-order valence-corrected chi connectivity index (χ2v) is 5.57. The Balaban J connectivity index is 1.81. The number of ether oxygens (including phenoxy) is 1. The molecule has 0 unspecified atom stereocenters. The zero-order valence-electron chi connectivity index (χ0n) is 11.6. The van der Waals surface area contributed by atoms with Crippen LogP contribution >= 0.6 is 11.8 Å². The fourth-order valence-corrected chi connectivity index (χ4v) is 2.54. The van der Waals surface area contributed by atoms with Crippen LogP contribution < -0.4 is 10.2 Å². The van der Waals surface area contributed by atoms with Gasteiger partial charge in [0.25, 0.3) is 0 Å². The molecule has 114 valence electrons. The molecule has 1 heterocycles. The van der Waals surface area contributed by atoms with Crippen molar-refractivity contribution in [3.05, 3.63) is 24.3 Å². The van der Waals surface area contributed by atoms with Crippen molar-refractivity contribution < 1.29 is 19.4 Å². The van der Waals surface area contributed by atoms with Crippen molar-refractivity contribution in [3.8, 4) is 0 Å². The van der Waals surface area contributed by atoms with Crippen molar-refractivity contribution in [2.75, 3.05) is 48.0 Å². The third-order valence-corrected chi connectivity index (χ3v) is 3.90. The number of aliphatic carboxylic acids is 1. The first-order chi connectivity index (χ1) is 10.1. The van der Waals surface area contributed by atoms with Gasteiger partial charge in [-0.15, -0.1) is 11.8 Å². The molecule has 1 aliphatic rings. The number of carbonyl (C=O) groups excluding carboxylic acids is 1. The Kier molecular flexibility index (Phi) is 5.89. The number of carboxylic acids is 1. The van der Waals surface area contributed by atoms with Gasteiger partial charge in [-0.3, -0.25) is 9.59 Å². The number of carboxylic acid groups (broad SMARTS) is 1. The third kappa shape index (κ3) is 5.28. The summed E-state index contributed by atoms with van der Waals surface area (Å²) in [4.78, 5) is 24.2. The number of amides is 1. The highest BCUT2D eigenvalue weighted by atomic mass is 32.2. The summed E-state index contributed by atoms with van der Waals surface area (Å²) in [6.07, 6.45) is 0. The predicted octanol–water partition coefficient (Wildman–Crippen LogP) is 1.28. The quantitative estimate of drug-likeness (QED) is 0.824. The lowest BCUT2D eigenvalue weighted by atomic mass is 10.2. The lowest BCUT2D eigenvalue weighted by Crippen LogP contribution is -2.36. The molecule has 21 heavy (non-hydrogen) atoms. The van der Waals surface area contributed by atoms with Gasteiger partial charge < -0.3 is 20.1 Å². The molecule has 7 heteroatoms. The largest absolute Gasteiger partial charge is 0.481 e. The predicted molar refractivity (Wildman–Crippen MR) is 83.1 cm³/mol. The van der Waals surface area contributed by atoms with E-state index in [0.717, 1.165) is 43.8 Å². The molecule has 2 rings (SSSR count). The maximum Gasteiger partial charge on any atom is 0.313 e. The molecule has 2 N–H and O–H groups in total. The number of rotatable bonds is 6. The normalized spacial score (nSPS) is 14.8. The second kappa shape index (κ2) is 7.90. The van der Waals surface area contributed by atoms with Crippen molar-refractivity contribution in [2.45, 2.75) is 0 Å². The van der Waals surface area contributed by atoms with Crippen LogP contribution in [0, 0.1) is 0 Å². The van der Waals surface area contributed by atoms with Crippen LogP contribution in [-0.2, 0) is 14.3 Å². The average molecular weight is 310 g/mol. The van der Waals surface area contributed by atoms with E-state index in [1.807, 2.05) is 24.3 Å². The molecule has 1 saturated heterocycles. The molecule has 1 aromatic carbocycles. The monoisotopic (exact) mass is 310 g/mol. The number of morpholine rings is 1. The van der Waals surface area contributed by atoms with Gasteiger partial charge in [0.05, 0.1) is 24.7 Å². The number of benzene rings is 1. The lowest BCUT2D eigenvalue weighted by Gasteiger charge is -2.28. The number of carbonyl (C=O) groups is 2. The molecule has 0 spiro atoms. The summed E-state index contributed by atoms with van der Waals surface area (Å²) >= 11 is 1.08. The van der Waals surface area contributed by atoms with Crippen LogP contribution in [0.25, 0.3) is 0 Å². The second-order valence-electron chi connectivity index (χ2n) is 4.58. The van der Waals surface area contributed by atoms with E-state index in [2.05, 4.69) is 10.2 Å². The van der Waals surface area contributed by atoms with Crippen LogP contribution in [0.1, 0.15) is 0 Å². The van der Waals surface area contributed by atoms with Gasteiger partial charge in [-0.1, -0.05) is 0 Å². The van der Waals surface area contributed by atoms with Gasteiger partial charge in [-0.2, -0.15) is 0 Å². The standard InChI is InChI=1S/C14H18N2O4S/c17-13(9-21-10-14(18)19)15-11-1-3-12(4-2-11)16-5-7-20-8-6-16/h1-4H,5-10H2,(H,15,17)(H,18,19). The van der Waals surface area contributed by atoms with Crippen LogP contribution in [-0.4, -0.2) is 54.8 Å². The van der Waals surface area contributed by atoms with Crippen molar-refractivity contribution in [1.82, 2.24) is 0 Å². The zero-order valence-corrected chi connectivity index (χ0v) is 12.4. The van der Waals surface area contributed by atoms with Crippen molar-refractivity contribution in [1.29, 1.82) is 0 Å². The molecule has 6 nitrogen and oxygen atoms in total. The van der Waals surface area contributed by atoms with Crippen LogP contribution in [0.2, 0.25) is 0 Å². The Hall–Kier alpha value is -1.73. The number of thioether (sulfide) groups is 1. The van der Waals surface area contributed by atoms with E-state index >= 15 is 0 Å². The van der Waals surface area contributed by atoms with Gasteiger partial charge in [0.1, 0.15) is 0 Å². The average Bonchev–Trinajstić information content (AvgIpc) is 2.48. The van der Waals surface area contributed by atoms with E-state index in [9.17, 15) is 9.59 Å². The number of anilines is 2. The molecule has 1 amide bonds. The van der Waals surface area contributed by atoms with Gasteiger partial charge in [-0.05, 0) is 24.3 Å². The fourth-order valence-electron chi connectivity index (χ4n) is 2.01. The topological polar surface area (TPSA) is 78.9 Å². The highest BCUT2D eigenvalue weighted by molar-refractivity contribution is 8.00. The van der Waals surface area contributed by atoms with E-state index in [0.29, 0.717) is 5.69 Å². The molecule has 0 bridgehead atoms. The van der Waals surface area contributed by atoms with E-state index in [-0.39, 0.29) is 17.4 Å². The minimum atomic E-state index is -0.914. The first-order valence-corrected chi connectivity index (χ1v) is 7.83. The van der Waals surface area contributed by atoms with Gasteiger partial charge in [0, 0.05) is 24.5 Å². The Morgan fingerprint density at radius 1 is 1.19 bits per heavy atom. The summed E-state index contributed by atoms with van der Waals surface area (Å²) in [6, 6.07) is 7.63. The summed E-state index contributed by atoms with van der Waals surface area (Å²) in [5.74, 6) is -1.04. The Labute approximate surface area is 127 Å². The van der Waals surface area contributed by atoms with Gasteiger partial charge in [0.15, 0.2) is 0 Å². The zero-order chi connectivity index (χ0) is 15.1. The summed E-state index contributed by atoms with van der Waals surface area (Å²) < 4.78 is 5.31. The van der Waals surface area contributed by atoms with Gasteiger partial charge >= 0.3 is 5.97 Å². The van der Waals surface area contributed by atoms with Crippen LogP contribution in [0.4, 0.5) is 11.4 Å². The lowest BCUT2D eigenvalue weighted by molar-refractivity contribution is -0.133. The first kappa shape index (κ1) is 15.7. The number of hydrogen-bond donors (Lipinski definition) is 2. The van der Waals surface area contributed by atoms with Crippen LogP contribution in [0.5, 0.6) is 0 Å². The Bertz CT molecular complexity index is 486. The SMILES string of the molecule is O=C(O)CSCC(=O)Nc1ccc(N2CCOCC2)cc1. The smallest absolute Gasteiger partial charge is 0.313 e. The first-order valence-electron chi connectivity index (χ1n) is 6.67. The Morgan fingerprint density at radius 3 is 2.48 bits per heavy atom. The third-order valence-electron chi connectivity index (χ3n) is 2.99. The highest BCUT2D eigenvalue weighted by Crippen LogP contribution is 2.19. The van der Waals surface area contributed by atoms with E-state index in [4.69, 9.17) is 9.84 Å².